The Labute approximate surface area is 214 Å². The lowest BCUT2D eigenvalue weighted by Gasteiger charge is -2.60. The predicted molar refractivity (Wildman–Crippen MR) is 146 cm³/mol. The van der Waals surface area contributed by atoms with E-state index in [1.54, 1.807) is 18.9 Å². The molecule has 0 aromatic rings. The Bertz CT molecular complexity index is 808. The fraction of sp³-hybridized carbons (Fsp3) is 1.00. The van der Waals surface area contributed by atoms with Crippen LogP contribution in [-0.2, 0) is 0 Å². The molecule has 0 atom stereocenters. The minimum Gasteiger partial charge on any atom is -0.344 e. The molecule has 1 fully saturated rings. The zero-order valence-corrected chi connectivity index (χ0v) is 23.5. The Hall–Kier alpha value is -2.66. The van der Waals surface area contributed by atoms with E-state index in [0.29, 0.717) is 0 Å². The first-order chi connectivity index (χ1) is 16.3. The van der Waals surface area contributed by atoms with Gasteiger partial charge in [-0.3, -0.25) is 0 Å². The van der Waals surface area contributed by atoms with Gasteiger partial charge in [-0.25, -0.2) is 0 Å². The van der Waals surface area contributed by atoms with E-state index in [-0.39, 0.29) is 0 Å². The third-order valence-electron chi connectivity index (χ3n) is 5.71. The van der Waals surface area contributed by atoms with Crippen LogP contribution in [-0.4, -0.2) is 69.5 Å². The Morgan fingerprint density at radius 1 is 0.389 bits per heavy atom. The molecule has 20 heteroatoms. The molecule has 1 rings (SSSR count). The second-order valence-corrected chi connectivity index (χ2v) is 12.5. The van der Waals surface area contributed by atoms with Crippen LogP contribution in [0.1, 0.15) is 83.1 Å². The van der Waals surface area contributed by atoms with Crippen molar-refractivity contribution in [2.24, 2.45) is 20.1 Å². The van der Waals surface area contributed by atoms with Crippen molar-refractivity contribution in [1.82, 2.24) is 18.9 Å². The maximum Gasteiger partial charge on any atom is 0.388 e. The Morgan fingerprint density at radius 2 is 0.528 bits per heavy atom. The van der Waals surface area contributed by atoms with E-state index in [2.05, 4.69) is 39.7 Å². The van der Waals surface area contributed by atoms with Crippen LogP contribution in [0, 0.1) is 0 Å². The van der Waals surface area contributed by atoms with Gasteiger partial charge in [-0.15, -0.1) is 20.1 Å². The van der Waals surface area contributed by atoms with Crippen molar-refractivity contribution in [2.75, 3.05) is 0 Å². The molecule has 0 aliphatic carbocycles. The maximum absolute atomic E-state index is 9.67. The molecular formula is C16H36B4N16. The van der Waals surface area contributed by atoms with Crippen molar-refractivity contribution >= 4 is 28.5 Å². The normalized spacial score (nSPS) is 17.9. The van der Waals surface area contributed by atoms with E-state index in [0.717, 1.165) is 0 Å². The molecule has 0 saturated carbocycles. The zero-order chi connectivity index (χ0) is 28.3. The summed E-state index contributed by atoms with van der Waals surface area (Å²) in [7, 11) is -4.27. The molecule has 0 bridgehead atoms. The van der Waals surface area contributed by atoms with Crippen molar-refractivity contribution in [3.8, 4) is 0 Å². The fourth-order valence-electron chi connectivity index (χ4n) is 4.41. The van der Waals surface area contributed by atoms with Gasteiger partial charge in [-0.2, -0.15) is 0 Å². The quantitative estimate of drug-likeness (QED) is 0.211. The van der Waals surface area contributed by atoms with Crippen LogP contribution in [0.5, 0.6) is 0 Å². The van der Waals surface area contributed by atoms with E-state index in [9.17, 15) is 22.1 Å². The topological polar surface area (TPSA) is 208 Å². The number of rotatable bonds is 4. The molecule has 16 nitrogen and oxygen atoms in total. The molecule has 192 valence electrons. The summed E-state index contributed by atoms with van der Waals surface area (Å²) < 4.78 is 7.01. The molecule has 0 unspecified atom stereocenters. The Kier molecular flexibility index (Phi) is 9.73. The molecule has 0 spiro atoms. The van der Waals surface area contributed by atoms with Crippen LogP contribution in [0.3, 0.4) is 0 Å². The number of azide groups is 4. The summed E-state index contributed by atoms with van der Waals surface area (Å²) in [4.78, 5) is 12.5. The average molecular weight is 496 g/mol. The van der Waals surface area contributed by atoms with Crippen LogP contribution in [0.4, 0.5) is 0 Å². The van der Waals surface area contributed by atoms with Crippen molar-refractivity contribution in [3.63, 3.8) is 0 Å². The Balaban J connectivity index is 4.53. The highest BCUT2D eigenvalue weighted by molar-refractivity contribution is 6.85. The molecule has 0 radical (unpaired) electrons. The Morgan fingerprint density at radius 3 is 0.611 bits per heavy atom. The molecule has 1 aliphatic heterocycles. The summed E-state index contributed by atoms with van der Waals surface area (Å²) in [5, 5.41) is 16.6. The van der Waals surface area contributed by atoms with Crippen LogP contribution in [0.15, 0.2) is 20.1 Å². The highest BCUT2D eigenvalue weighted by atomic mass is 15.5. The van der Waals surface area contributed by atoms with Gasteiger partial charge in [0.05, 0.1) is 0 Å². The molecular weight excluding hydrogens is 460 g/mol. The zero-order valence-electron chi connectivity index (χ0n) is 23.5. The van der Waals surface area contributed by atoms with E-state index in [1.807, 2.05) is 83.1 Å². The molecule has 1 aliphatic rings. The monoisotopic (exact) mass is 496 g/mol. The van der Waals surface area contributed by atoms with Crippen LogP contribution >= 0.6 is 0 Å². The molecule has 0 aromatic heterocycles. The van der Waals surface area contributed by atoms with Crippen LogP contribution in [0.2, 0.25) is 0 Å². The summed E-state index contributed by atoms with van der Waals surface area (Å²) in [6, 6.07) is 0. The number of nitrogens with zero attached hydrogens (tertiary/aromatic N) is 16. The second-order valence-electron chi connectivity index (χ2n) is 12.5. The first kappa shape index (κ1) is 31.4. The molecule has 0 amide bonds. The van der Waals surface area contributed by atoms with Gasteiger partial charge in [0.1, 0.15) is 0 Å². The summed E-state index contributed by atoms with van der Waals surface area (Å²) in [6.45, 7) is 22.7. The summed E-state index contributed by atoms with van der Waals surface area (Å²) >= 11 is 0. The van der Waals surface area contributed by atoms with Gasteiger partial charge in [-0.05, 0) is 147 Å². The van der Waals surface area contributed by atoms with Gasteiger partial charge in [0.25, 0.3) is 0 Å². The van der Waals surface area contributed by atoms with E-state index < -0.39 is 50.6 Å². The first-order valence-electron chi connectivity index (χ1n) is 11.6. The fourth-order valence-corrected chi connectivity index (χ4v) is 4.41. The van der Waals surface area contributed by atoms with Gasteiger partial charge in [-0.1, -0.05) is 0 Å². The van der Waals surface area contributed by atoms with Crippen LogP contribution in [0.25, 0.3) is 41.8 Å². The minimum atomic E-state index is -1.07. The number of hydrogen-bond donors (Lipinski definition) is 0. The van der Waals surface area contributed by atoms with Crippen molar-refractivity contribution in [3.05, 3.63) is 41.8 Å². The lowest BCUT2D eigenvalue weighted by molar-refractivity contribution is 0.219. The molecule has 1 heterocycles. The lowest BCUT2D eigenvalue weighted by atomic mass is 9.51. The summed E-state index contributed by atoms with van der Waals surface area (Å²) in [5.74, 6) is 0. The summed E-state index contributed by atoms with van der Waals surface area (Å²) in [6.07, 6.45) is 0. The second kappa shape index (κ2) is 11.2. The van der Waals surface area contributed by atoms with E-state index >= 15 is 0 Å². The predicted octanol–water partition coefficient (Wildman–Crippen LogP) is 5.58. The first-order valence-corrected chi connectivity index (χ1v) is 11.6. The molecule has 0 N–H and O–H groups in total. The van der Waals surface area contributed by atoms with Crippen molar-refractivity contribution in [2.45, 2.75) is 105 Å². The standard InChI is InChI=1S/C16H36B4N16/c1-13(2,3)33-17(25-29-21)34(14(4,5)6)19(27-31-23)36(16(10,11)12)20(28-32-24)35(15(7,8)9)18(33)26-30-22/h1-12H3. The van der Waals surface area contributed by atoms with E-state index in [1.165, 1.54) is 0 Å². The minimum absolute atomic E-state index is 0.740. The SMILES string of the molecule is CC(C)(C)N1B(N=[N+]=[N-])N(C(C)(C)C)B(N=[N+]=[N-])N(C(C)(C)C)B(N=[N+]=[N-])N(C(C)(C)C)B1N=[N+]=[N-]. The van der Waals surface area contributed by atoms with Gasteiger partial charge in [0, 0.05) is 0 Å². The van der Waals surface area contributed by atoms with Crippen LogP contribution < -0.4 is 0 Å². The maximum atomic E-state index is 9.67. The number of hydrogen-bond acceptors (Lipinski definition) is 8. The van der Waals surface area contributed by atoms with Crippen molar-refractivity contribution in [1.29, 1.82) is 0 Å². The molecule has 0 aromatic carbocycles. The highest BCUT2D eigenvalue weighted by Gasteiger charge is 2.60. The highest BCUT2D eigenvalue weighted by Crippen LogP contribution is 2.37. The van der Waals surface area contributed by atoms with Gasteiger partial charge < -0.3 is 18.9 Å². The summed E-state index contributed by atoms with van der Waals surface area (Å²) in [5.41, 5.74) is 35.7. The van der Waals surface area contributed by atoms with Gasteiger partial charge in [0.2, 0.25) is 0 Å². The van der Waals surface area contributed by atoms with Gasteiger partial charge >= 0.3 is 28.5 Å². The molecule has 1 saturated heterocycles. The largest absolute Gasteiger partial charge is 0.388 e. The van der Waals surface area contributed by atoms with Crippen molar-refractivity contribution < 1.29 is 0 Å². The smallest absolute Gasteiger partial charge is 0.344 e. The van der Waals surface area contributed by atoms with Gasteiger partial charge in [0.15, 0.2) is 0 Å². The third-order valence-corrected chi connectivity index (χ3v) is 5.71. The average Bonchev–Trinajstić information content (AvgIpc) is 2.63. The molecule has 36 heavy (non-hydrogen) atoms. The van der Waals surface area contributed by atoms with E-state index in [4.69, 9.17) is 0 Å². The lowest BCUT2D eigenvalue weighted by Crippen LogP contribution is -2.83. The third kappa shape index (κ3) is 6.76.